The summed E-state index contributed by atoms with van der Waals surface area (Å²) in [6.45, 7) is 1.65. The number of aliphatic hydroxyl groups is 1. The van der Waals surface area contributed by atoms with Gasteiger partial charge in [0.25, 0.3) is 5.91 Å². The van der Waals surface area contributed by atoms with Crippen LogP contribution in [0.1, 0.15) is 44.2 Å². The third kappa shape index (κ3) is 4.22. The quantitative estimate of drug-likeness (QED) is 0.655. The summed E-state index contributed by atoms with van der Waals surface area (Å²) >= 11 is 0. The van der Waals surface area contributed by atoms with E-state index in [9.17, 15) is 19.5 Å². The molecule has 7 heteroatoms. The van der Waals surface area contributed by atoms with E-state index in [0.717, 1.165) is 0 Å². The number of rotatable bonds is 9. The predicted octanol–water partition coefficient (Wildman–Crippen LogP) is 2.62. The van der Waals surface area contributed by atoms with Gasteiger partial charge in [-0.05, 0) is 37.5 Å². The molecule has 0 saturated heterocycles. The normalized spacial score (nSPS) is 16.9. The van der Waals surface area contributed by atoms with Gasteiger partial charge in [-0.3, -0.25) is 14.4 Å². The van der Waals surface area contributed by atoms with Crippen molar-refractivity contribution in [1.82, 2.24) is 4.90 Å². The second kappa shape index (κ2) is 8.51. The van der Waals surface area contributed by atoms with Crippen molar-refractivity contribution in [2.45, 2.75) is 38.6 Å². The molecule has 0 saturated carbocycles. The zero-order valence-electron chi connectivity index (χ0n) is 14.9. The van der Waals surface area contributed by atoms with E-state index in [4.69, 9.17) is 9.84 Å². The Morgan fingerprint density at radius 1 is 1.15 bits per heavy atom. The first-order chi connectivity index (χ1) is 12.4. The molecule has 1 atom stereocenters. The van der Waals surface area contributed by atoms with Crippen LogP contribution in [0.3, 0.4) is 0 Å². The molecule has 1 aromatic rings. The van der Waals surface area contributed by atoms with E-state index in [2.05, 4.69) is 0 Å². The van der Waals surface area contributed by atoms with Crippen LogP contribution < -0.4 is 4.74 Å². The fourth-order valence-corrected chi connectivity index (χ4v) is 3.11. The minimum atomic E-state index is -0.850. The molecular formula is C19H23NO6. The Balaban J connectivity index is 2.20. The number of ether oxygens (including phenoxy) is 1. The van der Waals surface area contributed by atoms with Gasteiger partial charge in [-0.15, -0.1) is 0 Å². The number of ketones is 1. The predicted molar refractivity (Wildman–Crippen MR) is 93.9 cm³/mol. The zero-order valence-corrected chi connectivity index (χ0v) is 14.9. The number of Topliss-reactive ketones (excluding diaryl/α,β-unsaturated/α-hetero) is 1. The van der Waals surface area contributed by atoms with Crippen molar-refractivity contribution >= 4 is 17.7 Å². The van der Waals surface area contributed by atoms with Gasteiger partial charge in [0.2, 0.25) is 0 Å². The average Bonchev–Trinajstić information content (AvgIpc) is 2.86. The summed E-state index contributed by atoms with van der Waals surface area (Å²) < 4.78 is 5.13. The molecule has 2 rings (SSSR count). The Bertz CT molecular complexity index is 722. The van der Waals surface area contributed by atoms with Gasteiger partial charge in [0.05, 0.1) is 18.7 Å². The van der Waals surface area contributed by atoms with E-state index in [0.29, 0.717) is 37.1 Å². The summed E-state index contributed by atoms with van der Waals surface area (Å²) in [6, 6.07) is 6.34. The SMILES string of the molecule is COc1ccc([C@@H]2C(C(C)=O)=C(O)C(=O)N2CCCCCC(=O)O)cc1. The van der Waals surface area contributed by atoms with Crippen LogP contribution in [0.15, 0.2) is 35.6 Å². The summed E-state index contributed by atoms with van der Waals surface area (Å²) in [6.07, 6.45) is 1.83. The van der Waals surface area contributed by atoms with E-state index in [1.165, 1.54) is 11.8 Å². The number of carbonyl (C=O) groups is 3. The zero-order chi connectivity index (χ0) is 19.3. The fourth-order valence-electron chi connectivity index (χ4n) is 3.11. The molecule has 0 aliphatic carbocycles. The number of hydrogen-bond donors (Lipinski definition) is 2. The van der Waals surface area contributed by atoms with Crippen LogP contribution in [0.25, 0.3) is 0 Å². The highest BCUT2D eigenvalue weighted by atomic mass is 16.5. The second-order valence-electron chi connectivity index (χ2n) is 6.20. The first-order valence-electron chi connectivity index (χ1n) is 8.47. The Morgan fingerprint density at radius 3 is 2.35 bits per heavy atom. The van der Waals surface area contributed by atoms with E-state index >= 15 is 0 Å². The number of aliphatic carboxylic acids is 1. The van der Waals surface area contributed by atoms with Crippen molar-refractivity contribution in [3.05, 3.63) is 41.2 Å². The Morgan fingerprint density at radius 2 is 1.81 bits per heavy atom. The maximum Gasteiger partial charge on any atom is 0.303 e. The number of aliphatic hydroxyl groups excluding tert-OH is 1. The van der Waals surface area contributed by atoms with Crippen LogP contribution in [0, 0.1) is 0 Å². The van der Waals surface area contributed by atoms with Crippen LogP contribution in [-0.2, 0) is 14.4 Å². The number of carboxylic acids is 1. The third-order valence-corrected chi connectivity index (χ3v) is 4.40. The monoisotopic (exact) mass is 361 g/mol. The number of benzene rings is 1. The minimum Gasteiger partial charge on any atom is -0.503 e. The number of carboxylic acid groups (broad SMARTS) is 1. The third-order valence-electron chi connectivity index (χ3n) is 4.40. The van der Waals surface area contributed by atoms with Crippen LogP contribution >= 0.6 is 0 Å². The highest BCUT2D eigenvalue weighted by molar-refractivity contribution is 6.08. The van der Waals surface area contributed by atoms with E-state index in [-0.39, 0.29) is 17.8 Å². The molecule has 7 nitrogen and oxygen atoms in total. The van der Waals surface area contributed by atoms with Gasteiger partial charge < -0.3 is 19.8 Å². The number of unbranched alkanes of at least 4 members (excludes halogenated alkanes) is 2. The molecule has 1 aliphatic rings. The summed E-state index contributed by atoms with van der Waals surface area (Å²) in [5.74, 6) is -1.64. The molecule has 1 aromatic carbocycles. The van der Waals surface area contributed by atoms with Crippen molar-refractivity contribution in [1.29, 1.82) is 0 Å². The van der Waals surface area contributed by atoms with Crippen LogP contribution in [0.5, 0.6) is 5.75 Å². The van der Waals surface area contributed by atoms with E-state index in [1.807, 2.05) is 0 Å². The lowest BCUT2D eigenvalue weighted by Crippen LogP contribution is -2.32. The molecule has 1 amide bonds. The molecule has 140 valence electrons. The molecule has 0 unspecified atom stereocenters. The molecule has 0 aromatic heterocycles. The lowest BCUT2D eigenvalue weighted by atomic mass is 9.96. The highest BCUT2D eigenvalue weighted by Gasteiger charge is 2.41. The average molecular weight is 361 g/mol. The second-order valence-corrected chi connectivity index (χ2v) is 6.20. The van der Waals surface area contributed by atoms with E-state index in [1.54, 1.807) is 31.4 Å². The summed E-state index contributed by atoms with van der Waals surface area (Å²) in [4.78, 5) is 36.5. The Labute approximate surface area is 151 Å². The summed E-state index contributed by atoms with van der Waals surface area (Å²) in [5.41, 5.74) is 0.796. The lowest BCUT2D eigenvalue weighted by Gasteiger charge is -2.26. The van der Waals surface area contributed by atoms with E-state index < -0.39 is 23.7 Å². The van der Waals surface area contributed by atoms with Gasteiger partial charge in [0, 0.05) is 13.0 Å². The highest BCUT2D eigenvalue weighted by Crippen LogP contribution is 2.38. The number of carbonyl (C=O) groups excluding carboxylic acids is 2. The first-order valence-corrected chi connectivity index (χ1v) is 8.47. The van der Waals surface area contributed by atoms with Gasteiger partial charge in [-0.1, -0.05) is 18.6 Å². The Hall–Kier alpha value is -2.83. The molecule has 1 aliphatic heterocycles. The molecule has 26 heavy (non-hydrogen) atoms. The van der Waals surface area contributed by atoms with Crippen molar-refractivity contribution in [2.24, 2.45) is 0 Å². The van der Waals surface area contributed by atoms with Gasteiger partial charge in [0.1, 0.15) is 5.75 Å². The molecule has 0 radical (unpaired) electrons. The van der Waals surface area contributed by atoms with Crippen molar-refractivity contribution in [3.8, 4) is 5.75 Å². The molecular weight excluding hydrogens is 338 g/mol. The van der Waals surface area contributed by atoms with Gasteiger partial charge in [-0.25, -0.2) is 0 Å². The number of amides is 1. The van der Waals surface area contributed by atoms with Gasteiger partial charge in [-0.2, -0.15) is 0 Å². The van der Waals surface area contributed by atoms with Crippen LogP contribution in [-0.4, -0.2) is 46.4 Å². The van der Waals surface area contributed by atoms with Crippen molar-refractivity contribution < 1.29 is 29.3 Å². The summed E-state index contributed by atoms with van der Waals surface area (Å²) in [5, 5.41) is 18.8. The first kappa shape index (κ1) is 19.5. The number of methoxy groups -OCH3 is 1. The smallest absolute Gasteiger partial charge is 0.303 e. The standard InChI is InChI=1S/C19H23NO6/c1-12(21)16-17(13-7-9-14(26-2)10-8-13)20(19(25)18(16)24)11-5-3-4-6-15(22)23/h7-10,17,24H,3-6,11H2,1-2H3,(H,22,23)/t17-/m1/s1. The number of nitrogens with zero attached hydrogens (tertiary/aromatic N) is 1. The minimum absolute atomic E-state index is 0.0814. The maximum absolute atomic E-state index is 12.4. The van der Waals surface area contributed by atoms with Crippen LogP contribution in [0.4, 0.5) is 0 Å². The van der Waals surface area contributed by atoms with Gasteiger partial charge in [0.15, 0.2) is 11.5 Å². The largest absolute Gasteiger partial charge is 0.503 e. The molecule has 2 N–H and O–H groups in total. The molecule has 0 fully saturated rings. The molecule has 1 heterocycles. The van der Waals surface area contributed by atoms with Crippen molar-refractivity contribution in [3.63, 3.8) is 0 Å². The molecule has 0 spiro atoms. The van der Waals surface area contributed by atoms with Crippen molar-refractivity contribution in [2.75, 3.05) is 13.7 Å². The molecule has 0 bridgehead atoms. The topological polar surface area (TPSA) is 104 Å². The lowest BCUT2D eigenvalue weighted by molar-refractivity contribution is -0.137. The maximum atomic E-state index is 12.4. The van der Waals surface area contributed by atoms with Crippen LogP contribution in [0.2, 0.25) is 0 Å². The number of hydrogen-bond acceptors (Lipinski definition) is 5. The fraction of sp³-hybridized carbons (Fsp3) is 0.421. The summed E-state index contributed by atoms with van der Waals surface area (Å²) in [7, 11) is 1.55. The Kier molecular flexibility index (Phi) is 6.38. The van der Waals surface area contributed by atoms with Gasteiger partial charge >= 0.3 is 5.97 Å².